The Kier molecular flexibility index (Phi) is 9.48. The molecule has 0 aromatic carbocycles. The van der Waals surface area contributed by atoms with Crippen LogP contribution in [0.5, 0.6) is 0 Å². The van der Waals surface area contributed by atoms with E-state index < -0.39 is 0 Å². The Hall–Kier alpha value is -1.40. The van der Waals surface area contributed by atoms with Gasteiger partial charge in [0.25, 0.3) is 0 Å². The van der Waals surface area contributed by atoms with Crippen LogP contribution in [0.2, 0.25) is 0 Å². The molecule has 120 valence electrons. The van der Waals surface area contributed by atoms with Gasteiger partial charge in [-0.3, -0.25) is 0 Å². The number of ether oxygens (including phenoxy) is 2. The van der Waals surface area contributed by atoms with E-state index in [0.29, 0.717) is 13.2 Å². The number of rotatable bonds is 12. The van der Waals surface area contributed by atoms with Crippen LogP contribution in [0.3, 0.4) is 0 Å². The highest BCUT2D eigenvalue weighted by Crippen LogP contribution is 2.11. The van der Waals surface area contributed by atoms with Crippen LogP contribution >= 0.6 is 0 Å². The third kappa shape index (κ3) is 8.47. The van der Waals surface area contributed by atoms with Crippen LogP contribution in [0.15, 0.2) is 6.07 Å². The van der Waals surface area contributed by atoms with Gasteiger partial charge in [-0.25, -0.2) is 9.97 Å². The van der Waals surface area contributed by atoms with Gasteiger partial charge in [0, 0.05) is 32.9 Å². The Morgan fingerprint density at radius 2 is 1.71 bits per heavy atom. The molecule has 0 spiro atoms. The predicted molar refractivity (Wildman–Crippen MR) is 86.0 cm³/mol. The van der Waals surface area contributed by atoms with E-state index in [1.54, 1.807) is 7.11 Å². The molecule has 1 aromatic rings. The van der Waals surface area contributed by atoms with Gasteiger partial charge in [-0.2, -0.15) is 0 Å². The maximum atomic E-state index is 5.42. The van der Waals surface area contributed by atoms with Crippen molar-refractivity contribution in [2.75, 3.05) is 50.7 Å². The number of aromatic nitrogens is 2. The highest BCUT2D eigenvalue weighted by Gasteiger charge is 2.01. The normalized spacial score (nSPS) is 10.6. The van der Waals surface area contributed by atoms with Crippen molar-refractivity contribution in [2.45, 2.75) is 33.1 Å². The average Bonchev–Trinajstić information content (AvgIpc) is 2.47. The van der Waals surface area contributed by atoms with Crippen molar-refractivity contribution >= 4 is 11.6 Å². The van der Waals surface area contributed by atoms with Crippen molar-refractivity contribution in [3.8, 4) is 0 Å². The second-order valence-corrected chi connectivity index (χ2v) is 4.85. The van der Waals surface area contributed by atoms with Gasteiger partial charge < -0.3 is 20.1 Å². The molecule has 0 radical (unpaired) electrons. The maximum Gasteiger partial charge on any atom is 0.131 e. The van der Waals surface area contributed by atoms with Crippen molar-refractivity contribution in [1.29, 1.82) is 0 Å². The predicted octanol–water partition coefficient (Wildman–Crippen LogP) is 2.46. The maximum absolute atomic E-state index is 5.42. The Labute approximate surface area is 127 Å². The van der Waals surface area contributed by atoms with Crippen LogP contribution in [0.25, 0.3) is 0 Å². The zero-order valence-electron chi connectivity index (χ0n) is 13.4. The zero-order chi connectivity index (χ0) is 15.3. The molecule has 0 atom stereocenters. The third-order valence-corrected chi connectivity index (χ3v) is 2.85. The lowest BCUT2D eigenvalue weighted by Gasteiger charge is -2.09. The molecule has 1 aromatic heterocycles. The van der Waals surface area contributed by atoms with Crippen LogP contribution in [-0.2, 0) is 9.47 Å². The largest absolute Gasteiger partial charge is 0.382 e. The molecule has 1 rings (SSSR count). The van der Waals surface area contributed by atoms with E-state index >= 15 is 0 Å². The number of aryl methyl sites for hydroxylation is 1. The SMILES string of the molecule is CCCNc1cc(NCCCCOCCOC)nc(C)n1. The fraction of sp³-hybridized carbons (Fsp3) is 0.733. The van der Waals surface area contributed by atoms with Crippen molar-refractivity contribution < 1.29 is 9.47 Å². The Morgan fingerprint density at radius 1 is 1.00 bits per heavy atom. The van der Waals surface area contributed by atoms with E-state index in [9.17, 15) is 0 Å². The topological polar surface area (TPSA) is 68.3 Å². The Balaban J connectivity index is 2.20. The summed E-state index contributed by atoms with van der Waals surface area (Å²) in [5, 5.41) is 6.62. The van der Waals surface area contributed by atoms with Gasteiger partial charge in [-0.05, 0) is 26.2 Å². The van der Waals surface area contributed by atoms with E-state index in [1.165, 1.54) is 0 Å². The summed E-state index contributed by atoms with van der Waals surface area (Å²) in [6, 6.07) is 1.96. The Morgan fingerprint density at radius 3 is 2.38 bits per heavy atom. The molecule has 6 nitrogen and oxygen atoms in total. The van der Waals surface area contributed by atoms with Gasteiger partial charge in [-0.15, -0.1) is 0 Å². The highest BCUT2D eigenvalue weighted by molar-refractivity contribution is 5.47. The molecule has 2 N–H and O–H groups in total. The molecule has 0 fully saturated rings. The van der Waals surface area contributed by atoms with E-state index in [4.69, 9.17) is 9.47 Å². The molecule has 0 bridgehead atoms. The molecule has 21 heavy (non-hydrogen) atoms. The molecule has 1 heterocycles. The number of unbranched alkanes of at least 4 members (excludes halogenated alkanes) is 1. The minimum atomic E-state index is 0.659. The molecule has 0 amide bonds. The highest BCUT2D eigenvalue weighted by atomic mass is 16.5. The quantitative estimate of drug-likeness (QED) is 0.578. The van der Waals surface area contributed by atoms with Crippen LogP contribution in [-0.4, -0.2) is 50.0 Å². The summed E-state index contributed by atoms with van der Waals surface area (Å²) in [5.74, 6) is 2.54. The molecule has 6 heteroatoms. The molecule has 0 saturated heterocycles. The van der Waals surface area contributed by atoms with E-state index in [2.05, 4.69) is 27.5 Å². The van der Waals surface area contributed by atoms with Gasteiger partial charge >= 0.3 is 0 Å². The number of methoxy groups -OCH3 is 1. The average molecular weight is 296 g/mol. The van der Waals surface area contributed by atoms with Gasteiger partial charge in [-0.1, -0.05) is 6.92 Å². The molecule has 0 aliphatic heterocycles. The van der Waals surface area contributed by atoms with Crippen LogP contribution < -0.4 is 10.6 Å². The first-order valence-electron chi connectivity index (χ1n) is 7.66. The molecule has 0 saturated carbocycles. The second kappa shape index (κ2) is 11.3. The van der Waals surface area contributed by atoms with Crippen molar-refractivity contribution in [3.63, 3.8) is 0 Å². The van der Waals surface area contributed by atoms with Crippen LogP contribution in [0.1, 0.15) is 32.0 Å². The van der Waals surface area contributed by atoms with Gasteiger partial charge in [0.05, 0.1) is 13.2 Å². The van der Waals surface area contributed by atoms with Gasteiger partial charge in [0.1, 0.15) is 17.5 Å². The lowest BCUT2D eigenvalue weighted by atomic mass is 10.3. The number of nitrogens with one attached hydrogen (secondary N) is 2. The summed E-state index contributed by atoms with van der Waals surface area (Å²) in [6.45, 7) is 7.96. The first-order valence-corrected chi connectivity index (χ1v) is 7.66. The number of hydrogen-bond acceptors (Lipinski definition) is 6. The molecule has 0 aliphatic carbocycles. The smallest absolute Gasteiger partial charge is 0.131 e. The van der Waals surface area contributed by atoms with E-state index in [1.807, 2.05) is 13.0 Å². The lowest BCUT2D eigenvalue weighted by Crippen LogP contribution is -2.09. The number of nitrogens with zero attached hydrogens (tertiary/aromatic N) is 2. The summed E-state index contributed by atoms with van der Waals surface area (Å²) < 4.78 is 10.3. The monoisotopic (exact) mass is 296 g/mol. The summed E-state index contributed by atoms with van der Waals surface area (Å²) in [7, 11) is 1.68. The van der Waals surface area contributed by atoms with Crippen LogP contribution in [0, 0.1) is 6.92 Å². The zero-order valence-corrected chi connectivity index (χ0v) is 13.4. The van der Waals surface area contributed by atoms with Crippen LogP contribution in [0.4, 0.5) is 11.6 Å². The fourth-order valence-electron chi connectivity index (χ4n) is 1.79. The third-order valence-electron chi connectivity index (χ3n) is 2.85. The fourth-order valence-corrected chi connectivity index (χ4v) is 1.79. The standard InChI is InChI=1S/C15H28N4O2/c1-4-7-16-14-12-15(19-13(2)18-14)17-8-5-6-9-21-11-10-20-3/h12H,4-11H2,1-3H3,(H2,16,17,18,19). The Bertz CT molecular complexity index is 388. The number of anilines is 2. The lowest BCUT2D eigenvalue weighted by molar-refractivity contribution is 0.0691. The summed E-state index contributed by atoms with van der Waals surface area (Å²) in [5.41, 5.74) is 0. The van der Waals surface area contributed by atoms with E-state index in [-0.39, 0.29) is 0 Å². The first kappa shape index (κ1) is 17.7. The van der Waals surface area contributed by atoms with Crippen molar-refractivity contribution in [1.82, 2.24) is 9.97 Å². The number of hydrogen-bond donors (Lipinski definition) is 2. The summed E-state index contributed by atoms with van der Waals surface area (Å²) in [6.07, 6.45) is 3.16. The minimum Gasteiger partial charge on any atom is -0.382 e. The van der Waals surface area contributed by atoms with Gasteiger partial charge in [0.15, 0.2) is 0 Å². The van der Waals surface area contributed by atoms with Gasteiger partial charge in [0.2, 0.25) is 0 Å². The second-order valence-electron chi connectivity index (χ2n) is 4.85. The molecular formula is C15H28N4O2. The van der Waals surface area contributed by atoms with Crippen molar-refractivity contribution in [3.05, 3.63) is 11.9 Å². The van der Waals surface area contributed by atoms with Crippen molar-refractivity contribution in [2.24, 2.45) is 0 Å². The molecular weight excluding hydrogens is 268 g/mol. The minimum absolute atomic E-state index is 0.659. The summed E-state index contributed by atoms with van der Waals surface area (Å²) in [4.78, 5) is 8.75. The summed E-state index contributed by atoms with van der Waals surface area (Å²) >= 11 is 0. The van der Waals surface area contributed by atoms with E-state index in [0.717, 1.165) is 56.4 Å². The molecule has 0 unspecified atom stereocenters. The first-order chi connectivity index (χ1) is 10.3. The molecule has 0 aliphatic rings.